The highest BCUT2D eigenvalue weighted by Gasteiger charge is 2.42. The lowest BCUT2D eigenvalue weighted by molar-refractivity contribution is -0.146. The Hall–Kier alpha value is -0.740. The van der Waals surface area contributed by atoms with E-state index in [1.807, 2.05) is 0 Å². The molecule has 5 heteroatoms. The van der Waals surface area contributed by atoms with Gasteiger partial charge in [-0.15, -0.1) is 0 Å². The van der Waals surface area contributed by atoms with Crippen molar-refractivity contribution in [3.05, 3.63) is 0 Å². The maximum absolute atomic E-state index is 11.9. The largest absolute Gasteiger partial charge is 0.484 e. The molecule has 0 saturated carbocycles. The van der Waals surface area contributed by atoms with Gasteiger partial charge < -0.3 is 4.74 Å². The number of hydrogen-bond donors (Lipinski definition) is 0. The highest BCUT2D eigenvalue weighted by atomic mass is 19.4. The van der Waals surface area contributed by atoms with Crippen LogP contribution in [0.15, 0.2) is 4.99 Å². The van der Waals surface area contributed by atoms with E-state index < -0.39 is 12.2 Å². The summed E-state index contributed by atoms with van der Waals surface area (Å²) in [6.07, 6.45) is -3.90. The summed E-state index contributed by atoms with van der Waals surface area (Å²) in [5, 5.41) is 0. The molecule has 0 N–H and O–H groups in total. The first-order chi connectivity index (χ1) is 5.04. The molecule has 0 unspecified atom stereocenters. The minimum atomic E-state index is -4.21. The number of hydrogen-bond acceptors (Lipinski definition) is 2. The number of alkyl halides is 3. The second kappa shape index (κ2) is 2.71. The van der Waals surface area contributed by atoms with E-state index in [1.54, 1.807) is 0 Å². The summed E-state index contributed by atoms with van der Waals surface area (Å²) in [4.78, 5) is 3.35. The van der Waals surface area contributed by atoms with E-state index in [-0.39, 0.29) is 12.3 Å². The van der Waals surface area contributed by atoms with Crippen LogP contribution in [0.4, 0.5) is 13.2 Å². The van der Waals surface area contributed by atoms with Crippen LogP contribution in [-0.4, -0.2) is 25.2 Å². The van der Waals surface area contributed by atoms with Crippen LogP contribution in [0.5, 0.6) is 0 Å². The Morgan fingerprint density at radius 3 is 2.45 bits per heavy atom. The van der Waals surface area contributed by atoms with Gasteiger partial charge >= 0.3 is 6.18 Å². The molecule has 2 nitrogen and oxygen atoms in total. The van der Waals surface area contributed by atoms with Gasteiger partial charge in [-0.1, -0.05) is 0 Å². The van der Waals surface area contributed by atoms with Crippen LogP contribution in [0, 0.1) is 0 Å². The van der Waals surface area contributed by atoms with Gasteiger partial charge in [0.15, 0.2) is 5.90 Å². The van der Waals surface area contributed by atoms with E-state index in [4.69, 9.17) is 0 Å². The molecule has 11 heavy (non-hydrogen) atoms. The maximum Gasteiger partial charge on any atom is 0.410 e. The zero-order valence-corrected chi connectivity index (χ0v) is 5.98. The predicted octanol–water partition coefficient (Wildman–Crippen LogP) is 1.76. The quantitative estimate of drug-likeness (QED) is 0.538. The Morgan fingerprint density at radius 1 is 1.55 bits per heavy atom. The minimum Gasteiger partial charge on any atom is -0.484 e. The molecule has 0 radical (unpaired) electrons. The molecule has 1 aliphatic heterocycles. The zero-order valence-electron chi connectivity index (χ0n) is 5.98. The topological polar surface area (TPSA) is 21.6 Å². The molecule has 0 fully saturated rings. The number of ether oxygens (including phenoxy) is 1. The summed E-state index contributed by atoms with van der Waals surface area (Å²) < 4.78 is 40.3. The summed E-state index contributed by atoms with van der Waals surface area (Å²) in [7, 11) is 1.33. The molecule has 0 spiro atoms. The van der Waals surface area contributed by atoms with E-state index >= 15 is 0 Å². The van der Waals surface area contributed by atoms with Gasteiger partial charge in [0.1, 0.15) is 6.04 Å². The predicted molar refractivity (Wildman–Crippen MR) is 33.5 cm³/mol. The van der Waals surface area contributed by atoms with Crippen molar-refractivity contribution in [3.8, 4) is 0 Å². The second-order valence-corrected chi connectivity index (χ2v) is 2.32. The van der Waals surface area contributed by atoms with E-state index in [2.05, 4.69) is 9.73 Å². The molecule has 0 aromatic rings. The summed E-state index contributed by atoms with van der Waals surface area (Å²) >= 11 is 0. The number of halogens is 3. The van der Waals surface area contributed by atoms with E-state index in [0.29, 0.717) is 6.42 Å². The molecular weight excluding hydrogens is 159 g/mol. The van der Waals surface area contributed by atoms with Crippen molar-refractivity contribution in [3.63, 3.8) is 0 Å². The van der Waals surface area contributed by atoms with Crippen LogP contribution >= 0.6 is 0 Å². The molecule has 0 aromatic heterocycles. The van der Waals surface area contributed by atoms with Gasteiger partial charge in [-0.2, -0.15) is 13.2 Å². The second-order valence-electron chi connectivity index (χ2n) is 2.32. The lowest BCUT2D eigenvalue weighted by Crippen LogP contribution is -2.24. The van der Waals surface area contributed by atoms with Crippen molar-refractivity contribution in [1.82, 2.24) is 0 Å². The van der Waals surface area contributed by atoms with Crippen LogP contribution < -0.4 is 0 Å². The normalized spacial score (nSPS) is 25.1. The Labute approximate surface area is 62.1 Å². The Bertz CT molecular complexity index is 175. The Kier molecular flexibility index (Phi) is 2.06. The monoisotopic (exact) mass is 167 g/mol. The molecule has 64 valence electrons. The fraction of sp³-hybridized carbons (Fsp3) is 0.833. The Morgan fingerprint density at radius 2 is 2.18 bits per heavy atom. The number of aliphatic imine (C=N–C) groups is 1. The van der Waals surface area contributed by atoms with Crippen LogP contribution in [0.2, 0.25) is 0 Å². The fourth-order valence-electron chi connectivity index (χ4n) is 0.955. The third-order valence-corrected chi connectivity index (χ3v) is 1.54. The van der Waals surface area contributed by atoms with Crippen molar-refractivity contribution in [2.24, 2.45) is 4.99 Å². The maximum atomic E-state index is 11.9. The first-order valence-electron chi connectivity index (χ1n) is 3.21. The van der Waals surface area contributed by atoms with Crippen molar-refractivity contribution in [1.29, 1.82) is 0 Å². The summed E-state index contributed by atoms with van der Waals surface area (Å²) in [5.41, 5.74) is 0. The summed E-state index contributed by atoms with van der Waals surface area (Å²) in [5.74, 6) is 0.201. The number of rotatable bonds is 0. The molecule has 1 aliphatic rings. The van der Waals surface area contributed by atoms with Crippen LogP contribution in [-0.2, 0) is 4.74 Å². The average molecular weight is 167 g/mol. The molecule has 0 saturated heterocycles. The van der Waals surface area contributed by atoms with Crippen molar-refractivity contribution >= 4 is 5.90 Å². The number of methoxy groups -OCH3 is 1. The van der Waals surface area contributed by atoms with Crippen molar-refractivity contribution in [2.45, 2.75) is 25.1 Å². The van der Waals surface area contributed by atoms with Crippen LogP contribution in [0.3, 0.4) is 0 Å². The van der Waals surface area contributed by atoms with Gasteiger partial charge in [-0.05, 0) is 6.42 Å². The lowest BCUT2D eigenvalue weighted by Gasteiger charge is -2.09. The average Bonchev–Trinajstić information content (AvgIpc) is 2.32. The van der Waals surface area contributed by atoms with E-state index in [0.717, 1.165) is 0 Å². The summed E-state index contributed by atoms with van der Waals surface area (Å²) in [6.45, 7) is 0. The fourth-order valence-corrected chi connectivity index (χ4v) is 0.955. The molecule has 1 rings (SSSR count). The Balaban J connectivity index is 2.59. The van der Waals surface area contributed by atoms with Gasteiger partial charge in [-0.25, -0.2) is 4.99 Å². The van der Waals surface area contributed by atoms with E-state index in [9.17, 15) is 13.2 Å². The summed E-state index contributed by atoms with van der Waals surface area (Å²) in [6, 6.07) is -1.54. The standard InChI is InChI=1S/C6H8F3NO/c1-11-5-3-2-4(10-5)6(7,8)9/h4H,2-3H2,1H3/t4-/m0/s1. The molecular formula is C6H8F3NO. The smallest absolute Gasteiger partial charge is 0.410 e. The SMILES string of the molecule is COC1=N[C@H](C(F)(F)F)CC1. The molecule has 1 heterocycles. The third kappa shape index (κ3) is 1.85. The minimum absolute atomic E-state index is 0.0205. The zero-order chi connectivity index (χ0) is 8.48. The molecule has 0 aromatic carbocycles. The van der Waals surface area contributed by atoms with Gasteiger partial charge in [-0.3, -0.25) is 0 Å². The van der Waals surface area contributed by atoms with E-state index in [1.165, 1.54) is 7.11 Å². The van der Waals surface area contributed by atoms with Gasteiger partial charge in [0.05, 0.1) is 7.11 Å². The van der Waals surface area contributed by atoms with Crippen LogP contribution in [0.1, 0.15) is 12.8 Å². The van der Waals surface area contributed by atoms with Crippen molar-refractivity contribution < 1.29 is 17.9 Å². The van der Waals surface area contributed by atoms with Gasteiger partial charge in [0, 0.05) is 6.42 Å². The van der Waals surface area contributed by atoms with Crippen LogP contribution in [0.25, 0.3) is 0 Å². The van der Waals surface area contributed by atoms with Gasteiger partial charge in [0.2, 0.25) is 0 Å². The first kappa shape index (κ1) is 8.36. The number of nitrogens with zero attached hydrogens (tertiary/aromatic N) is 1. The lowest BCUT2D eigenvalue weighted by atomic mass is 10.2. The highest BCUT2D eigenvalue weighted by molar-refractivity contribution is 5.77. The highest BCUT2D eigenvalue weighted by Crippen LogP contribution is 2.30. The molecule has 1 atom stereocenters. The molecule has 0 amide bonds. The molecule has 0 aliphatic carbocycles. The van der Waals surface area contributed by atoms with Crippen molar-refractivity contribution in [2.75, 3.05) is 7.11 Å². The first-order valence-corrected chi connectivity index (χ1v) is 3.21. The third-order valence-electron chi connectivity index (χ3n) is 1.54. The molecule has 0 bridgehead atoms. The van der Waals surface area contributed by atoms with Gasteiger partial charge in [0.25, 0.3) is 0 Å².